The summed E-state index contributed by atoms with van der Waals surface area (Å²) in [5, 5.41) is 13.2. The number of aliphatic hydroxyl groups is 1. The van der Waals surface area contributed by atoms with Crippen molar-refractivity contribution in [1.29, 1.82) is 0 Å². The second kappa shape index (κ2) is 8.42. The van der Waals surface area contributed by atoms with E-state index in [9.17, 15) is 9.90 Å². The Morgan fingerprint density at radius 3 is 2.29 bits per heavy atom. The lowest BCUT2D eigenvalue weighted by molar-refractivity contribution is -0.146. The van der Waals surface area contributed by atoms with Crippen molar-refractivity contribution < 1.29 is 9.90 Å². The molecule has 0 spiro atoms. The molecule has 1 aromatic heterocycles. The van der Waals surface area contributed by atoms with Crippen molar-refractivity contribution in [2.24, 2.45) is 0 Å². The van der Waals surface area contributed by atoms with Crippen LogP contribution in [-0.4, -0.2) is 54.0 Å². The maximum Gasteiger partial charge on any atom is 0.264 e. The van der Waals surface area contributed by atoms with Crippen molar-refractivity contribution in [2.75, 3.05) is 33.2 Å². The van der Waals surface area contributed by atoms with Gasteiger partial charge in [0.15, 0.2) is 0 Å². The molecule has 2 aromatic rings. The Kier molecular flexibility index (Phi) is 6.54. The molecule has 1 N–H and O–H groups in total. The van der Waals surface area contributed by atoms with E-state index in [0.29, 0.717) is 17.0 Å². The van der Waals surface area contributed by atoms with Gasteiger partial charge in [-0.05, 0) is 30.1 Å². The molecule has 0 saturated heterocycles. The molecular formula is C19H26N2O2S. The molecule has 1 amide bonds. The van der Waals surface area contributed by atoms with E-state index < -0.39 is 5.60 Å². The number of benzene rings is 1. The molecule has 0 bridgehead atoms. The number of carbonyl (C=O) groups excluding carboxylic acids is 1. The van der Waals surface area contributed by atoms with Gasteiger partial charge in [0.1, 0.15) is 0 Å². The van der Waals surface area contributed by atoms with E-state index in [4.69, 9.17) is 0 Å². The molecule has 1 heterocycles. The van der Waals surface area contributed by atoms with E-state index in [1.807, 2.05) is 35.7 Å². The molecule has 4 nitrogen and oxygen atoms in total. The second-order valence-corrected chi connectivity index (χ2v) is 6.76. The van der Waals surface area contributed by atoms with Crippen LogP contribution in [-0.2, 0) is 10.4 Å². The van der Waals surface area contributed by atoms with Gasteiger partial charge in [0.2, 0.25) is 5.60 Å². The summed E-state index contributed by atoms with van der Waals surface area (Å²) in [7, 11) is 1.76. The maximum atomic E-state index is 13.1. The zero-order valence-electron chi connectivity index (χ0n) is 14.6. The van der Waals surface area contributed by atoms with Crippen LogP contribution in [0.2, 0.25) is 0 Å². The Bertz CT molecular complexity index is 626. The highest BCUT2D eigenvalue weighted by atomic mass is 32.1. The van der Waals surface area contributed by atoms with Gasteiger partial charge in [0, 0.05) is 20.1 Å². The van der Waals surface area contributed by atoms with Crippen molar-refractivity contribution in [3.8, 4) is 0 Å². The fourth-order valence-corrected chi connectivity index (χ4v) is 3.58. The Morgan fingerprint density at radius 1 is 1.08 bits per heavy atom. The van der Waals surface area contributed by atoms with Crippen LogP contribution >= 0.6 is 11.3 Å². The van der Waals surface area contributed by atoms with Gasteiger partial charge in [-0.15, -0.1) is 11.3 Å². The summed E-state index contributed by atoms with van der Waals surface area (Å²) >= 11 is 1.40. The van der Waals surface area contributed by atoms with Crippen LogP contribution in [0.5, 0.6) is 0 Å². The fraction of sp³-hybridized carbons (Fsp3) is 0.421. The predicted octanol–water partition coefficient (Wildman–Crippen LogP) is 2.78. The summed E-state index contributed by atoms with van der Waals surface area (Å²) in [6, 6.07) is 12.8. The fourth-order valence-electron chi connectivity index (χ4n) is 2.74. The highest BCUT2D eigenvalue weighted by Gasteiger charge is 2.42. The molecule has 24 heavy (non-hydrogen) atoms. The minimum atomic E-state index is -1.63. The van der Waals surface area contributed by atoms with Gasteiger partial charge in [-0.25, -0.2) is 0 Å². The molecule has 0 aliphatic carbocycles. The smallest absolute Gasteiger partial charge is 0.264 e. The SMILES string of the molecule is CCN(CC)CCN(C)C(=O)C(O)(c1ccccc1)c1cccs1. The first kappa shape index (κ1) is 18.6. The summed E-state index contributed by atoms with van der Waals surface area (Å²) in [6.07, 6.45) is 0. The first-order chi connectivity index (χ1) is 11.5. The summed E-state index contributed by atoms with van der Waals surface area (Å²) in [5.74, 6) is -0.289. The molecule has 5 heteroatoms. The highest BCUT2D eigenvalue weighted by molar-refractivity contribution is 7.10. The van der Waals surface area contributed by atoms with E-state index in [2.05, 4.69) is 18.7 Å². The monoisotopic (exact) mass is 346 g/mol. The summed E-state index contributed by atoms with van der Waals surface area (Å²) < 4.78 is 0. The molecule has 0 radical (unpaired) electrons. The Balaban J connectivity index is 2.26. The third kappa shape index (κ3) is 3.86. The van der Waals surface area contributed by atoms with Crippen LogP contribution in [0.1, 0.15) is 24.3 Å². The third-order valence-corrected chi connectivity index (χ3v) is 5.35. The molecule has 0 aliphatic heterocycles. The third-order valence-electron chi connectivity index (χ3n) is 4.37. The summed E-state index contributed by atoms with van der Waals surface area (Å²) in [4.78, 5) is 17.7. The van der Waals surface area contributed by atoms with Crippen LogP contribution in [0.4, 0.5) is 0 Å². The van der Waals surface area contributed by atoms with E-state index in [-0.39, 0.29) is 5.91 Å². The van der Waals surface area contributed by atoms with Gasteiger partial charge in [0.25, 0.3) is 5.91 Å². The number of rotatable bonds is 8. The molecule has 2 rings (SSSR count). The van der Waals surface area contributed by atoms with Crippen molar-refractivity contribution in [3.05, 3.63) is 58.3 Å². The van der Waals surface area contributed by atoms with Crippen LogP contribution < -0.4 is 0 Å². The number of carbonyl (C=O) groups is 1. The molecule has 1 atom stereocenters. The number of nitrogens with zero attached hydrogens (tertiary/aromatic N) is 2. The molecule has 1 aromatic carbocycles. The molecule has 0 saturated carbocycles. The minimum absolute atomic E-state index is 0.289. The number of amides is 1. The van der Waals surface area contributed by atoms with Crippen molar-refractivity contribution in [2.45, 2.75) is 19.4 Å². The molecular weight excluding hydrogens is 320 g/mol. The Morgan fingerprint density at radius 2 is 1.75 bits per heavy atom. The highest BCUT2D eigenvalue weighted by Crippen LogP contribution is 2.34. The van der Waals surface area contributed by atoms with Gasteiger partial charge in [-0.3, -0.25) is 4.79 Å². The van der Waals surface area contributed by atoms with Crippen molar-refractivity contribution in [3.63, 3.8) is 0 Å². The topological polar surface area (TPSA) is 43.8 Å². The standard InChI is InChI=1S/C19H26N2O2S/c1-4-21(5-2)14-13-20(3)18(22)19(23,17-12-9-15-24-17)16-10-7-6-8-11-16/h6-12,15,23H,4-5,13-14H2,1-3H3. The Labute approximate surface area is 148 Å². The van der Waals surface area contributed by atoms with Crippen LogP contribution in [0, 0.1) is 0 Å². The Hall–Kier alpha value is -1.69. The van der Waals surface area contributed by atoms with Gasteiger partial charge < -0.3 is 14.9 Å². The second-order valence-electron chi connectivity index (χ2n) is 5.81. The number of hydrogen-bond acceptors (Lipinski definition) is 4. The lowest BCUT2D eigenvalue weighted by Crippen LogP contribution is -2.47. The maximum absolute atomic E-state index is 13.1. The van der Waals surface area contributed by atoms with Gasteiger partial charge >= 0.3 is 0 Å². The summed E-state index contributed by atoms with van der Waals surface area (Å²) in [5.41, 5.74) is -1.03. The van der Waals surface area contributed by atoms with Gasteiger partial charge in [0.05, 0.1) is 4.88 Å². The van der Waals surface area contributed by atoms with E-state index >= 15 is 0 Å². The first-order valence-electron chi connectivity index (χ1n) is 8.33. The first-order valence-corrected chi connectivity index (χ1v) is 9.21. The quantitative estimate of drug-likeness (QED) is 0.799. The van der Waals surface area contributed by atoms with Crippen molar-refractivity contribution in [1.82, 2.24) is 9.80 Å². The average molecular weight is 346 g/mol. The van der Waals surface area contributed by atoms with E-state index in [1.165, 1.54) is 11.3 Å². The van der Waals surface area contributed by atoms with Crippen LogP contribution in [0.25, 0.3) is 0 Å². The van der Waals surface area contributed by atoms with Crippen LogP contribution in [0.3, 0.4) is 0 Å². The summed E-state index contributed by atoms with van der Waals surface area (Å²) in [6.45, 7) is 7.50. The normalized spacial score (nSPS) is 13.7. The number of likely N-dealkylation sites (N-methyl/N-ethyl adjacent to an activating group) is 2. The zero-order valence-corrected chi connectivity index (χ0v) is 15.4. The zero-order chi connectivity index (χ0) is 17.6. The van der Waals surface area contributed by atoms with Gasteiger partial charge in [-0.2, -0.15) is 0 Å². The molecule has 0 fully saturated rings. The van der Waals surface area contributed by atoms with Crippen molar-refractivity contribution >= 4 is 17.2 Å². The minimum Gasteiger partial charge on any atom is -0.371 e. The lowest BCUT2D eigenvalue weighted by atomic mass is 9.90. The van der Waals surface area contributed by atoms with Crippen LogP contribution in [0.15, 0.2) is 47.8 Å². The molecule has 0 aliphatic rings. The van der Waals surface area contributed by atoms with Gasteiger partial charge in [-0.1, -0.05) is 50.2 Å². The molecule has 130 valence electrons. The lowest BCUT2D eigenvalue weighted by Gasteiger charge is -2.32. The van der Waals surface area contributed by atoms with E-state index in [0.717, 1.165) is 19.6 Å². The average Bonchev–Trinajstić information content (AvgIpc) is 3.17. The number of hydrogen-bond donors (Lipinski definition) is 1. The molecule has 1 unspecified atom stereocenters. The predicted molar refractivity (Wildman–Crippen MR) is 99.2 cm³/mol. The van der Waals surface area contributed by atoms with E-state index in [1.54, 1.807) is 24.1 Å². The number of thiophene rings is 1. The largest absolute Gasteiger partial charge is 0.371 e.